The van der Waals surface area contributed by atoms with E-state index in [-0.39, 0.29) is 11.6 Å². The molecule has 1 aromatic heterocycles. The second kappa shape index (κ2) is 7.90. The van der Waals surface area contributed by atoms with Gasteiger partial charge in [0.15, 0.2) is 0 Å². The molecule has 1 aliphatic heterocycles. The number of thiophene rings is 1. The Hall–Kier alpha value is 0.0600. The summed E-state index contributed by atoms with van der Waals surface area (Å²) in [6.45, 7) is 7.60. The topological polar surface area (TPSA) is 30.5 Å². The predicted molar refractivity (Wildman–Crippen MR) is 87.5 cm³/mol. The lowest BCUT2D eigenvalue weighted by Crippen LogP contribution is -2.50. The van der Waals surface area contributed by atoms with Crippen molar-refractivity contribution < 1.29 is 9.47 Å². The molecule has 1 unspecified atom stereocenters. The zero-order valence-electron chi connectivity index (χ0n) is 12.3. The SMILES string of the molecule is CCCNC(c1sccc1Br)C1(OCC)CCOCC1. The van der Waals surface area contributed by atoms with Crippen LogP contribution >= 0.6 is 27.3 Å². The molecule has 20 heavy (non-hydrogen) atoms. The van der Waals surface area contributed by atoms with Crippen LogP contribution in [0.5, 0.6) is 0 Å². The molecule has 1 aliphatic rings. The molecule has 2 heterocycles. The van der Waals surface area contributed by atoms with Crippen molar-refractivity contribution in [2.75, 3.05) is 26.4 Å². The van der Waals surface area contributed by atoms with Gasteiger partial charge in [-0.1, -0.05) is 6.92 Å². The molecule has 1 saturated heterocycles. The lowest BCUT2D eigenvalue weighted by atomic mass is 9.84. The highest BCUT2D eigenvalue weighted by Gasteiger charge is 2.43. The van der Waals surface area contributed by atoms with Crippen LogP contribution < -0.4 is 5.32 Å². The maximum Gasteiger partial charge on any atom is 0.0928 e. The summed E-state index contributed by atoms with van der Waals surface area (Å²) < 4.78 is 13.0. The second-order valence-corrected chi connectivity index (χ2v) is 6.93. The Morgan fingerprint density at radius 2 is 2.20 bits per heavy atom. The first-order chi connectivity index (χ1) is 9.73. The van der Waals surface area contributed by atoms with Crippen LogP contribution in [-0.2, 0) is 9.47 Å². The Morgan fingerprint density at radius 1 is 1.45 bits per heavy atom. The molecule has 0 aliphatic carbocycles. The van der Waals surface area contributed by atoms with E-state index >= 15 is 0 Å². The summed E-state index contributed by atoms with van der Waals surface area (Å²) in [6.07, 6.45) is 3.03. The van der Waals surface area contributed by atoms with Crippen LogP contribution in [0.15, 0.2) is 15.9 Å². The molecular formula is C15H24BrNO2S. The zero-order valence-corrected chi connectivity index (χ0v) is 14.7. The van der Waals surface area contributed by atoms with Crippen LogP contribution in [0.3, 0.4) is 0 Å². The summed E-state index contributed by atoms with van der Waals surface area (Å²) in [5, 5.41) is 5.85. The standard InChI is InChI=1S/C15H24BrNO2S/c1-3-8-17-14(13-12(16)5-11-20-13)15(19-4-2)6-9-18-10-7-15/h5,11,14,17H,3-4,6-10H2,1-2H3. The number of rotatable bonds is 7. The highest BCUT2D eigenvalue weighted by atomic mass is 79.9. The molecule has 3 nitrogen and oxygen atoms in total. The average molecular weight is 362 g/mol. The van der Waals surface area contributed by atoms with E-state index in [9.17, 15) is 0 Å². The maximum atomic E-state index is 6.25. The van der Waals surface area contributed by atoms with Crippen LogP contribution in [0.2, 0.25) is 0 Å². The molecule has 2 rings (SSSR count). The number of nitrogens with one attached hydrogen (secondary N) is 1. The third-order valence-corrected chi connectivity index (χ3v) is 5.74. The number of halogens is 1. The van der Waals surface area contributed by atoms with Gasteiger partial charge in [0.2, 0.25) is 0 Å². The maximum absolute atomic E-state index is 6.25. The molecule has 1 fully saturated rings. The summed E-state index contributed by atoms with van der Waals surface area (Å²) in [5.74, 6) is 0. The van der Waals surface area contributed by atoms with Gasteiger partial charge < -0.3 is 14.8 Å². The van der Waals surface area contributed by atoms with Crippen molar-refractivity contribution in [2.24, 2.45) is 0 Å². The van der Waals surface area contributed by atoms with E-state index in [1.165, 1.54) is 9.35 Å². The summed E-state index contributed by atoms with van der Waals surface area (Å²) in [7, 11) is 0. The first-order valence-corrected chi connectivity index (χ1v) is 9.08. The summed E-state index contributed by atoms with van der Waals surface area (Å²) in [5.41, 5.74) is -0.143. The molecule has 5 heteroatoms. The fourth-order valence-electron chi connectivity index (χ4n) is 2.84. The predicted octanol–water partition coefficient (Wildman–Crippen LogP) is 4.14. The molecule has 0 spiro atoms. The van der Waals surface area contributed by atoms with E-state index in [0.29, 0.717) is 0 Å². The minimum atomic E-state index is -0.143. The molecule has 0 amide bonds. The van der Waals surface area contributed by atoms with Gasteiger partial charge in [0.1, 0.15) is 0 Å². The van der Waals surface area contributed by atoms with Gasteiger partial charge in [-0.15, -0.1) is 11.3 Å². The Kier molecular flexibility index (Phi) is 6.49. The third kappa shape index (κ3) is 3.63. The Morgan fingerprint density at radius 3 is 2.75 bits per heavy atom. The van der Waals surface area contributed by atoms with Gasteiger partial charge >= 0.3 is 0 Å². The van der Waals surface area contributed by atoms with Gasteiger partial charge in [0.25, 0.3) is 0 Å². The Labute approximate surface area is 134 Å². The van der Waals surface area contributed by atoms with Gasteiger partial charge in [0, 0.05) is 42.0 Å². The van der Waals surface area contributed by atoms with Crippen molar-refractivity contribution in [2.45, 2.75) is 44.8 Å². The number of ether oxygens (including phenoxy) is 2. The largest absolute Gasteiger partial charge is 0.381 e. The number of hydrogen-bond donors (Lipinski definition) is 1. The van der Waals surface area contributed by atoms with Gasteiger partial charge in [-0.3, -0.25) is 0 Å². The third-order valence-electron chi connectivity index (χ3n) is 3.80. The molecule has 1 atom stereocenters. The molecular weight excluding hydrogens is 338 g/mol. The van der Waals surface area contributed by atoms with Crippen LogP contribution in [0.1, 0.15) is 44.0 Å². The van der Waals surface area contributed by atoms with Gasteiger partial charge in [-0.05, 0) is 47.3 Å². The second-order valence-electron chi connectivity index (χ2n) is 5.13. The van der Waals surface area contributed by atoms with Gasteiger partial charge in [-0.25, -0.2) is 0 Å². The van der Waals surface area contributed by atoms with Crippen molar-refractivity contribution in [3.8, 4) is 0 Å². The van der Waals surface area contributed by atoms with Crippen molar-refractivity contribution >= 4 is 27.3 Å². The monoisotopic (exact) mass is 361 g/mol. The van der Waals surface area contributed by atoms with E-state index in [1.807, 2.05) is 0 Å². The normalized spacial score (nSPS) is 19.9. The minimum absolute atomic E-state index is 0.143. The lowest BCUT2D eigenvalue weighted by Gasteiger charge is -2.43. The van der Waals surface area contributed by atoms with Crippen LogP contribution in [-0.4, -0.2) is 32.0 Å². The van der Waals surface area contributed by atoms with Gasteiger partial charge in [0.05, 0.1) is 11.6 Å². The van der Waals surface area contributed by atoms with Crippen molar-refractivity contribution in [1.82, 2.24) is 5.32 Å². The van der Waals surface area contributed by atoms with Crippen molar-refractivity contribution in [1.29, 1.82) is 0 Å². The summed E-state index contributed by atoms with van der Waals surface area (Å²) in [6, 6.07) is 2.36. The van der Waals surface area contributed by atoms with Crippen molar-refractivity contribution in [3.63, 3.8) is 0 Å². The van der Waals surface area contributed by atoms with E-state index in [1.54, 1.807) is 11.3 Å². The van der Waals surface area contributed by atoms with E-state index < -0.39 is 0 Å². The minimum Gasteiger partial charge on any atom is -0.381 e. The average Bonchev–Trinajstić information content (AvgIpc) is 2.87. The lowest BCUT2D eigenvalue weighted by molar-refractivity contribution is -0.127. The van der Waals surface area contributed by atoms with Crippen LogP contribution in [0.4, 0.5) is 0 Å². The van der Waals surface area contributed by atoms with Crippen LogP contribution in [0.25, 0.3) is 0 Å². The summed E-state index contributed by atoms with van der Waals surface area (Å²) >= 11 is 5.48. The fraction of sp³-hybridized carbons (Fsp3) is 0.733. The fourth-order valence-corrected chi connectivity index (χ4v) is 4.62. The van der Waals surface area contributed by atoms with E-state index in [0.717, 1.165) is 45.6 Å². The molecule has 0 aromatic carbocycles. The van der Waals surface area contributed by atoms with E-state index in [2.05, 4.69) is 46.5 Å². The van der Waals surface area contributed by atoms with Gasteiger partial charge in [-0.2, -0.15) is 0 Å². The van der Waals surface area contributed by atoms with Crippen molar-refractivity contribution in [3.05, 3.63) is 20.8 Å². The summed E-state index contributed by atoms with van der Waals surface area (Å²) in [4.78, 5) is 1.34. The molecule has 1 N–H and O–H groups in total. The Bertz CT molecular complexity index is 399. The van der Waals surface area contributed by atoms with E-state index in [4.69, 9.17) is 9.47 Å². The van der Waals surface area contributed by atoms with Crippen LogP contribution in [0, 0.1) is 0 Å². The molecule has 1 aromatic rings. The molecule has 114 valence electrons. The quantitative estimate of drug-likeness (QED) is 0.791. The zero-order chi connectivity index (χ0) is 14.4. The molecule has 0 saturated carbocycles. The Balaban J connectivity index is 2.29. The molecule has 0 bridgehead atoms. The first-order valence-electron chi connectivity index (χ1n) is 7.41. The number of hydrogen-bond acceptors (Lipinski definition) is 4. The smallest absolute Gasteiger partial charge is 0.0928 e. The first kappa shape index (κ1) is 16.4. The highest BCUT2D eigenvalue weighted by Crippen LogP contribution is 2.42. The molecule has 0 radical (unpaired) electrons. The highest BCUT2D eigenvalue weighted by molar-refractivity contribution is 9.10.